The van der Waals surface area contributed by atoms with Crippen molar-refractivity contribution in [2.45, 2.75) is 25.8 Å². The molecule has 0 aromatic heterocycles. The van der Waals surface area contributed by atoms with E-state index in [-0.39, 0.29) is 18.1 Å². The molecule has 0 spiro atoms. The lowest BCUT2D eigenvalue weighted by molar-refractivity contribution is -0.117. The van der Waals surface area contributed by atoms with Crippen LogP contribution in [-0.4, -0.2) is 32.4 Å². The first-order valence-corrected chi connectivity index (χ1v) is 8.21. The lowest BCUT2D eigenvalue weighted by atomic mass is 10.1. The molecule has 1 aromatic rings. The second kappa shape index (κ2) is 6.68. The van der Waals surface area contributed by atoms with Gasteiger partial charge in [0, 0.05) is 11.9 Å². The molecular weight excluding hydrogens is 264 g/mol. The van der Waals surface area contributed by atoms with Gasteiger partial charge in [-0.2, -0.15) is 0 Å². The number of hydrogen-bond acceptors (Lipinski definition) is 4. The predicted molar refractivity (Wildman–Crippen MR) is 76.8 cm³/mol. The number of carbonyl (C=O) groups is 1. The van der Waals surface area contributed by atoms with Crippen molar-refractivity contribution in [1.29, 1.82) is 0 Å². The third-order valence-electron chi connectivity index (χ3n) is 2.79. The second-order valence-electron chi connectivity index (χ2n) is 4.52. The maximum Gasteiger partial charge on any atom is 0.241 e. The summed E-state index contributed by atoms with van der Waals surface area (Å²) in [6, 6.07) is 6.65. The summed E-state index contributed by atoms with van der Waals surface area (Å²) in [5.74, 6) is -0.443. The standard InChI is InChI=1S/C13H20N2O3S/c1-3-10-6-4-5-7-12(10)15-13(16)11(14)8-9-19(2,17)18/h4-7,11H,3,8-9,14H2,1-2H3,(H,15,16). The Balaban J connectivity index is 2.64. The quantitative estimate of drug-likeness (QED) is 0.814. The van der Waals surface area contributed by atoms with Crippen molar-refractivity contribution in [3.63, 3.8) is 0 Å². The lowest BCUT2D eigenvalue weighted by Crippen LogP contribution is -2.37. The number of rotatable bonds is 6. The molecule has 1 unspecified atom stereocenters. The summed E-state index contributed by atoms with van der Waals surface area (Å²) in [7, 11) is -3.10. The summed E-state index contributed by atoms with van der Waals surface area (Å²) in [5, 5.41) is 2.74. The lowest BCUT2D eigenvalue weighted by Gasteiger charge is -2.14. The largest absolute Gasteiger partial charge is 0.324 e. The summed E-state index contributed by atoms with van der Waals surface area (Å²) >= 11 is 0. The number of nitrogens with one attached hydrogen (secondary N) is 1. The van der Waals surface area contributed by atoms with Crippen LogP contribution in [0.4, 0.5) is 5.69 Å². The van der Waals surface area contributed by atoms with Crippen LogP contribution in [0.5, 0.6) is 0 Å². The highest BCUT2D eigenvalue weighted by Crippen LogP contribution is 2.15. The van der Waals surface area contributed by atoms with Gasteiger partial charge in [0.2, 0.25) is 5.91 Å². The molecule has 0 saturated carbocycles. The van der Waals surface area contributed by atoms with Gasteiger partial charge in [-0.3, -0.25) is 4.79 Å². The van der Waals surface area contributed by atoms with E-state index in [1.807, 2.05) is 25.1 Å². The van der Waals surface area contributed by atoms with E-state index >= 15 is 0 Å². The molecule has 0 aliphatic rings. The third-order valence-corrected chi connectivity index (χ3v) is 3.77. The van der Waals surface area contributed by atoms with Gasteiger partial charge in [0.25, 0.3) is 0 Å². The highest BCUT2D eigenvalue weighted by Gasteiger charge is 2.16. The average Bonchev–Trinajstić information content (AvgIpc) is 2.35. The number of nitrogens with two attached hydrogens (primary N) is 1. The first-order valence-electron chi connectivity index (χ1n) is 6.15. The molecule has 0 heterocycles. The van der Waals surface area contributed by atoms with Gasteiger partial charge in [0.1, 0.15) is 9.84 Å². The van der Waals surface area contributed by atoms with Gasteiger partial charge in [-0.1, -0.05) is 25.1 Å². The molecule has 1 amide bonds. The van der Waals surface area contributed by atoms with Crippen LogP contribution in [-0.2, 0) is 21.1 Å². The van der Waals surface area contributed by atoms with Crippen LogP contribution in [0.15, 0.2) is 24.3 Å². The Kier molecular flexibility index (Phi) is 5.50. The first kappa shape index (κ1) is 15.7. The summed E-state index contributed by atoms with van der Waals surface area (Å²) in [5.41, 5.74) is 7.43. The molecule has 106 valence electrons. The monoisotopic (exact) mass is 284 g/mol. The van der Waals surface area contributed by atoms with Crippen molar-refractivity contribution in [2.75, 3.05) is 17.3 Å². The average molecular weight is 284 g/mol. The minimum Gasteiger partial charge on any atom is -0.324 e. The number of para-hydroxylation sites is 1. The number of hydrogen-bond donors (Lipinski definition) is 2. The van der Waals surface area contributed by atoms with E-state index in [0.29, 0.717) is 0 Å². The maximum atomic E-state index is 11.9. The number of carbonyl (C=O) groups excluding carboxylic acids is 1. The maximum absolute atomic E-state index is 11.9. The summed E-state index contributed by atoms with van der Waals surface area (Å²) in [6.07, 6.45) is 2.05. The molecule has 1 atom stereocenters. The van der Waals surface area contributed by atoms with Gasteiger partial charge < -0.3 is 11.1 Å². The normalized spacial score (nSPS) is 13.0. The molecule has 0 radical (unpaired) electrons. The molecule has 6 heteroatoms. The molecule has 1 rings (SSSR count). The smallest absolute Gasteiger partial charge is 0.241 e. The minimum absolute atomic E-state index is 0.0863. The van der Waals surface area contributed by atoms with E-state index < -0.39 is 15.9 Å². The predicted octanol–water partition coefficient (Wildman–Crippen LogP) is 0.950. The zero-order valence-electron chi connectivity index (χ0n) is 11.2. The summed E-state index contributed by atoms with van der Waals surface area (Å²) < 4.78 is 22.1. The molecule has 0 saturated heterocycles. The van der Waals surface area contributed by atoms with Crippen molar-refractivity contribution in [2.24, 2.45) is 5.73 Å². The van der Waals surface area contributed by atoms with Crippen molar-refractivity contribution in [3.05, 3.63) is 29.8 Å². The van der Waals surface area contributed by atoms with Crippen molar-refractivity contribution in [1.82, 2.24) is 0 Å². The zero-order valence-corrected chi connectivity index (χ0v) is 12.0. The number of sulfone groups is 1. The van der Waals surface area contributed by atoms with Gasteiger partial charge in [-0.05, 0) is 24.5 Å². The Hall–Kier alpha value is -1.40. The summed E-state index contributed by atoms with van der Waals surface area (Å²) in [6.45, 7) is 1.99. The Morgan fingerprint density at radius 1 is 1.37 bits per heavy atom. The molecular formula is C13H20N2O3S. The van der Waals surface area contributed by atoms with Crippen LogP contribution in [0, 0.1) is 0 Å². The van der Waals surface area contributed by atoms with Gasteiger partial charge >= 0.3 is 0 Å². The fraction of sp³-hybridized carbons (Fsp3) is 0.462. The van der Waals surface area contributed by atoms with Crippen LogP contribution < -0.4 is 11.1 Å². The van der Waals surface area contributed by atoms with E-state index in [0.717, 1.165) is 23.9 Å². The second-order valence-corrected chi connectivity index (χ2v) is 6.78. The van der Waals surface area contributed by atoms with Crippen molar-refractivity contribution >= 4 is 21.4 Å². The molecule has 0 aliphatic heterocycles. The van der Waals surface area contributed by atoms with E-state index in [9.17, 15) is 13.2 Å². The number of aryl methyl sites for hydroxylation is 1. The van der Waals surface area contributed by atoms with Crippen molar-refractivity contribution < 1.29 is 13.2 Å². The van der Waals surface area contributed by atoms with Crippen LogP contribution in [0.1, 0.15) is 18.9 Å². The molecule has 0 bridgehead atoms. The Labute approximate surface area is 114 Å². The van der Waals surface area contributed by atoms with Gasteiger partial charge in [0.15, 0.2) is 0 Å². The topological polar surface area (TPSA) is 89.3 Å². The Bertz CT molecular complexity index is 541. The fourth-order valence-corrected chi connectivity index (χ4v) is 2.33. The van der Waals surface area contributed by atoms with Gasteiger partial charge in [0.05, 0.1) is 11.8 Å². The van der Waals surface area contributed by atoms with E-state index in [1.54, 1.807) is 6.07 Å². The zero-order chi connectivity index (χ0) is 14.5. The van der Waals surface area contributed by atoms with E-state index in [2.05, 4.69) is 5.32 Å². The van der Waals surface area contributed by atoms with Crippen LogP contribution in [0.3, 0.4) is 0 Å². The molecule has 1 aromatic carbocycles. The fourth-order valence-electron chi connectivity index (χ4n) is 1.65. The van der Waals surface area contributed by atoms with Crippen LogP contribution >= 0.6 is 0 Å². The van der Waals surface area contributed by atoms with Gasteiger partial charge in [-0.25, -0.2) is 8.42 Å². The molecule has 3 N–H and O–H groups in total. The molecule has 0 fully saturated rings. The molecule has 0 aliphatic carbocycles. The van der Waals surface area contributed by atoms with Crippen LogP contribution in [0.2, 0.25) is 0 Å². The van der Waals surface area contributed by atoms with Gasteiger partial charge in [-0.15, -0.1) is 0 Å². The Morgan fingerprint density at radius 3 is 2.58 bits per heavy atom. The molecule has 19 heavy (non-hydrogen) atoms. The first-order chi connectivity index (χ1) is 8.83. The summed E-state index contributed by atoms with van der Waals surface area (Å²) in [4.78, 5) is 11.9. The van der Waals surface area contributed by atoms with Crippen LogP contribution in [0.25, 0.3) is 0 Å². The van der Waals surface area contributed by atoms with Crippen molar-refractivity contribution in [3.8, 4) is 0 Å². The van der Waals surface area contributed by atoms with E-state index in [1.165, 1.54) is 0 Å². The highest BCUT2D eigenvalue weighted by molar-refractivity contribution is 7.90. The SMILES string of the molecule is CCc1ccccc1NC(=O)C(N)CCS(C)(=O)=O. The highest BCUT2D eigenvalue weighted by atomic mass is 32.2. The van der Waals surface area contributed by atoms with E-state index in [4.69, 9.17) is 5.73 Å². The Morgan fingerprint density at radius 2 is 2.00 bits per heavy atom. The third kappa shape index (κ3) is 5.40. The minimum atomic E-state index is -3.10. The number of benzene rings is 1. The molecule has 5 nitrogen and oxygen atoms in total. The number of amides is 1. The number of anilines is 1.